The van der Waals surface area contributed by atoms with E-state index in [0.29, 0.717) is 24.9 Å². The SMILES string of the molecule is CN1[C@@H]2CC[C@H]1C/C(=C\C(O)(Cc1ccccc1)Cc1ccccc1)C2. The highest BCUT2D eigenvalue weighted by molar-refractivity contribution is 5.28. The molecule has 1 N–H and O–H groups in total. The predicted octanol–water partition coefficient (Wildman–Crippen LogP) is 4.39. The van der Waals surface area contributed by atoms with Crippen LogP contribution in [0, 0.1) is 0 Å². The van der Waals surface area contributed by atoms with Gasteiger partial charge in [0.15, 0.2) is 0 Å². The predicted molar refractivity (Wildman–Crippen MR) is 107 cm³/mol. The van der Waals surface area contributed by atoms with Gasteiger partial charge in [0.25, 0.3) is 0 Å². The molecular formula is C24H29NO. The summed E-state index contributed by atoms with van der Waals surface area (Å²) in [5.41, 5.74) is 3.01. The summed E-state index contributed by atoms with van der Waals surface area (Å²) in [5.74, 6) is 0. The van der Waals surface area contributed by atoms with Crippen molar-refractivity contribution in [1.29, 1.82) is 0 Å². The van der Waals surface area contributed by atoms with E-state index in [9.17, 15) is 5.11 Å². The van der Waals surface area contributed by atoms with Gasteiger partial charge in [-0.3, -0.25) is 4.90 Å². The van der Waals surface area contributed by atoms with Crippen LogP contribution < -0.4 is 0 Å². The summed E-state index contributed by atoms with van der Waals surface area (Å²) < 4.78 is 0. The minimum atomic E-state index is -0.826. The van der Waals surface area contributed by atoms with Crippen molar-refractivity contribution in [2.75, 3.05) is 7.05 Å². The van der Waals surface area contributed by atoms with Crippen molar-refractivity contribution in [3.8, 4) is 0 Å². The summed E-state index contributed by atoms with van der Waals surface area (Å²) in [5, 5.41) is 11.6. The van der Waals surface area contributed by atoms with Gasteiger partial charge in [0.1, 0.15) is 0 Å². The Labute approximate surface area is 157 Å². The van der Waals surface area contributed by atoms with Crippen LogP contribution in [-0.2, 0) is 12.8 Å². The van der Waals surface area contributed by atoms with E-state index in [1.54, 1.807) is 0 Å². The largest absolute Gasteiger partial charge is 0.385 e. The van der Waals surface area contributed by atoms with Gasteiger partial charge >= 0.3 is 0 Å². The lowest BCUT2D eigenvalue weighted by Crippen LogP contribution is -2.39. The van der Waals surface area contributed by atoms with Crippen molar-refractivity contribution in [3.63, 3.8) is 0 Å². The maximum atomic E-state index is 11.6. The molecule has 26 heavy (non-hydrogen) atoms. The monoisotopic (exact) mass is 347 g/mol. The number of fused-ring (bicyclic) bond motifs is 2. The van der Waals surface area contributed by atoms with Crippen molar-refractivity contribution in [2.45, 2.75) is 56.2 Å². The number of hydrogen-bond donors (Lipinski definition) is 1. The lowest BCUT2D eigenvalue weighted by atomic mass is 9.84. The zero-order valence-electron chi connectivity index (χ0n) is 15.6. The Morgan fingerprint density at radius 2 is 1.35 bits per heavy atom. The van der Waals surface area contributed by atoms with E-state index in [0.717, 1.165) is 12.8 Å². The van der Waals surface area contributed by atoms with Gasteiger partial charge in [-0.15, -0.1) is 0 Å². The smallest absolute Gasteiger partial charge is 0.0910 e. The first-order chi connectivity index (χ1) is 12.6. The van der Waals surface area contributed by atoms with Gasteiger partial charge in [-0.25, -0.2) is 0 Å². The van der Waals surface area contributed by atoms with Gasteiger partial charge < -0.3 is 5.11 Å². The fraction of sp³-hybridized carbons (Fsp3) is 0.417. The third-order valence-corrected chi connectivity index (χ3v) is 6.16. The average molecular weight is 348 g/mol. The molecule has 0 aliphatic carbocycles. The Morgan fingerprint density at radius 3 is 1.81 bits per heavy atom. The lowest BCUT2D eigenvalue weighted by Gasteiger charge is -2.35. The van der Waals surface area contributed by atoms with E-state index in [1.165, 1.54) is 29.5 Å². The van der Waals surface area contributed by atoms with Crippen molar-refractivity contribution in [3.05, 3.63) is 83.4 Å². The minimum Gasteiger partial charge on any atom is -0.385 e. The quantitative estimate of drug-likeness (QED) is 0.811. The summed E-state index contributed by atoms with van der Waals surface area (Å²) in [7, 11) is 2.26. The molecule has 2 aliphatic heterocycles. The van der Waals surface area contributed by atoms with Gasteiger partial charge in [-0.05, 0) is 43.9 Å². The molecule has 2 aromatic carbocycles. The van der Waals surface area contributed by atoms with Crippen LogP contribution in [0.25, 0.3) is 0 Å². The van der Waals surface area contributed by atoms with Crippen LogP contribution in [-0.4, -0.2) is 34.7 Å². The second kappa shape index (κ2) is 7.38. The fourth-order valence-electron chi connectivity index (χ4n) is 4.83. The van der Waals surface area contributed by atoms with Crippen LogP contribution >= 0.6 is 0 Å². The van der Waals surface area contributed by atoms with Crippen LogP contribution in [0.4, 0.5) is 0 Å². The second-order valence-electron chi connectivity index (χ2n) is 8.19. The Morgan fingerprint density at radius 1 is 0.885 bits per heavy atom. The fourth-order valence-corrected chi connectivity index (χ4v) is 4.83. The molecule has 2 fully saturated rings. The normalized spacial score (nSPS) is 24.9. The summed E-state index contributed by atoms with van der Waals surface area (Å²) in [6.45, 7) is 0. The zero-order chi connectivity index (χ0) is 18.0. The van der Waals surface area contributed by atoms with Crippen molar-refractivity contribution < 1.29 is 5.11 Å². The van der Waals surface area contributed by atoms with E-state index >= 15 is 0 Å². The van der Waals surface area contributed by atoms with Crippen LogP contribution in [0.1, 0.15) is 36.8 Å². The Kier molecular flexibility index (Phi) is 4.97. The molecule has 2 saturated heterocycles. The van der Waals surface area contributed by atoms with Crippen LogP contribution in [0.5, 0.6) is 0 Å². The number of benzene rings is 2. The number of aliphatic hydroxyl groups is 1. The Hall–Kier alpha value is -1.90. The van der Waals surface area contributed by atoms with Crippen molar-refractivity contribution in [1.82, 2.24) is 4.90 Å². The maximum absolute atomic E-state index is 11.6. The van der Waals surface area contributed by atoms with E-state index in [4.69, 9.17) is 0 Å². The molecule has 136 valence electrons. The summed E-state index contributed by atoms with van der Waals surface area (Å²) in [6.07, 6.45) is 8.36. The van der Waals surface area contributed by atoms with Gasteiger partial charge in [-0.2, -0.15) is 0 Å². The van der Waals surface area contributed by atoms with E-state index in [-0.39, 0.29) is 0 Å². The van der Waals surface area contributed by atoms with Crippen LogP contribution in [0.3, 0.4) is 0 Å². The van der Waals surface area contributed by atoms with E-state index < -0.39 is 5.60 Å². The van der Waals surface area contributed by atoms with Gasteiger partial charge in [-0.1, -0.05) is 72.3 Å². The summed E-state index contributed by atoms with van der Waals surface area (Å²) >= 11 is 0. The van der Waals surface area contributed by atoms with Gasteiger partial charge in [0.05, 0.1) is 5.60 Å². The molecule has 4 rings (SSSR count). The highest BCUT2D eigenvalue weighted by Gasteiger charge is 2.37. The average Bonchev–Trinajstić information content (AvgIpc) is 2.84. The Bertz CT molecular complexity index is 695. The third kappa shape index (κ3) is 3.92. The first kappa shape index (κ1) is 17.5. The Balaban J connectivity index is 1.61. The van der Waals surface area contributed by atoms with Crippen molar-refractivity contribution in [2.24, 2.45) is 0 Å². The number of piperidine rings is 1. The van der Waals surface area contributed by atoms with E-state index in [2.05, 4.69) is 66.6 Å². The van der Waals surface area contributed by atoms with Gasteiger partial charge in [0.2, 0.25) is 0 Å². The summed E-state index contributed by atoms with van der Waals surface area (Å²) in [6, 6.07) is 22.1. The molecule has 2 aromatic rings. The highest BCUT2D eigenvalue weighted by Crippen LogP contribution is 2.38. The molecular weight excluding hydrogens is 318 g/mol. The van der Waals surface area contributed by atoms with Crippen LogP contribution in [0.2, 0.25) is 0 Å². The third-order valence-electron chi connectivity index (χ3n) is 6.16. The summed E-state index contributed by atoms with van der Waals surface area (Å²) in [4.78, 5) is 2.55. The molecule has 0 radical (unpaired) electrons. The molecule has 2 bridgehead atoms. The molecule has 0 unspecified atom stereocenters. The van der Waals surface area contributed by atoms with Crippen molar-refractivity contribution >= 4 is 0 Å². The number of hydrogen-bond acceptors (Lipinski definition) is 2. The lowest BCUT2D eigenvalue weighted by molar-refractivity contribution is 0.0889. The first-order valence-corrected chi connectivity index (χ1v) is 9.84. The maximum Gasteiger partial charge on any atom is 0.0910 e. The molecule has 0 spiro atoms. The zero-order valence-corrected chi connectivity index (χ0v) is 15.6. The van der Waals surface area contributed by atoms with E-state index in [1.807, 2.05) is 12.1 Å². The first-order valence-electron chi connectivity index (χ1n) is 9.84. The van der Waals surface area contributed by atoms with Crippen LogP contribution in [0.15, 0.2) is 72.3 Å². The standard InChI is InChI=1S/C24H29NO/c1-25-22-12-13-23(25)15-21(14-22)18-24(26,16-19-8-4-2-5-9-19)17-20-10-6-3-7-11-20/h2-11,18,22-23,26H,12-17H2,1H3/b21-18-/t22-,23+/m1/s1. The number of rotatable bonds is 5. The molecule has 2 nitrogen and oxygen atoms in total. The highest BCUT2D eigenvalue weighted by atomic mass is 16.3. The molecule has 2 atom stereocenters. The molecule has 0 saturated carbocycles. The molecule has 2 aliphatic rings. The molecule has 2 heteroatoms. The van der Waals surface area contributed by atoms with Gasteiger partial charge in [0, 0.05) is 24.9 Å². The number of nitrogens with zero attached hydrogens (tertiary/aromatic N) is 1. The molecule has 0 amide bonds. The second-order valence-corrected chi connectivity index (χ2v) is 8.19. The topological polar surface area (TPSA) is 23.5 Å². The minimum absolute atomic E-state index is 0.664. The molecule has 2 heterocycles. The molecule has 0 aromatic heterocycles.